The van der Waals surface area contributed by atoms with Crippen LogP contribution in [0.5, 0.6) is 0 Å². The summed E-state index contributed by atoms with van der Waals surface area (Å²) < 4.78 is 0. The molecule has 0 N–H and O–H groups in total. The van der Waals surface area contributed by atoms with Gasteiger partial charge in [0.2, 0.25) is 0 Å². The fourth-order valence-electron chi connectivity index (χ4n) is 10.1. The Kier molecular flexibility index (Phi) is 4.94. The number of ketones is 2. The monoisotopic (exact) mass is 460 g/mol. The van der Waals surface area contributed by atoms with Crippen molar-refractivity contribution in [3.63, 3.8) is 0 Å². The SMILES string of the molecule is CC1C(=O)C(C#N)=CC2(C)C1CCC1(C)C2CC(=O)C2C3CC(C)(C)CCC3(C#N)CCC21C. The highest BCUT2D eigenvalue weighted by atomic mass is 16.1. The first-order valence-electron chi connectivity index (χ1n) is 13.4. The number of hydrogen-bond donors (Lipinski definition) is 0. The van der Waals surface area contributed by atoms with E-state index in [-0.39, 0.29) is 68.0 Å². The van der Waals surface area contributed by atoms with Gasteiger partial charge in [-0.25, -0.2) is 0 Å². The summed E-state index contributed by atoms with van der Waals surface area (Å²) in [4.78, 5) is 27.1. The van der Waals surface area contributed by atoms with Gasteiger partial charge in [0.15, 0.2) is 5.78 Å². The maximum atomic E-state index is 14.2. The van der Waals surface area contributed by atoms with Gasteiger partial charge in [0.25, 0.3) is 0 Å². The molecule has 0 amide bonds. The first kappa shape index (κ1) is 23.8. The second kappa shape index (κ2) is 7.06. The lowest BCUT2D eigenvalue weighted by molar-refractivity contribution is -0.212. The Balaban J connectivity index is 1.63. The molecule has 182 valence electrons. The Hall–Kier alpha value is -1.94. The molecule has 34 heavy (non-hydrogen) atoms. The summed E-state index contributed by atoms with van der Waals surface area (Å²) in [5.74, 6) is 0.505. The first-order valence-corrected chi connectivity index (χ1v) is 13.4. The summed E-state index contributed by atoms with van der Waals surface area (Å²) in [5, 5.41) is 20.1. The molecule has 4 heteroatoms. The molecule has 5 rings (SSSR count). The van der Waals surface area contributed by atoms with Gasteiger partial charge in [-0.1, -0.05) is 47.6 Å². The highest BCUT2D eigenvalue weighted by Crippen LogP contribution is 2.75. The number of nitriles is 2. The fourth-order valence-corrected chi connectivity index (χ4v) is 10.1. The minimum absolute atomic E-state index is 0.0271. The third-order valence-corrected chi connectivity index (χ3v) is 12.3. The molecule has 0 saturated heterocycles. The number of carbonyl (C=O) groups is 2. The van der Waals surface area contributed by atoms with Crippen molar-refractivity contribution in [3.8, 4) is 12.1 Å². The molecule has 4 fully saturated rings. The van der Waals surface area contributed by atoms with Crippen molar-refractivity contribution >= 4 is 11.6 Å². The zero-order valence-electron chi connectivity index (χ0n) is 21.8. The molecule has 0 bridgehead atoms. The van der Waals surface area contributed by atoms with Gasteiger partial charge in [-0.3, -0.25) is 9.59 Å². The van der Waals surface area contributed by atoms with Gasteiger partial charge in [0.1, 0.15) is 11.9 Å². The summed E-state index contributed by atoms with van der Waals surface area (Å²) in [6.07, 6.45) is 9.19. The van der Waals surface area contributed by atoms with Crippen LogP contribution in [0.3, 0.4) is 0 Å². The zero-order valence-corrected chi connectivity index (χ0v) is 21.8. The van der Waals surface area contributed by atoms with E-state index in [1.165, 1.54) is 0 Å². The van der Waals surface area contributed by atoms with E-state index in [2.05, 4.69) is 46.8 Å². The summed E-state index contributed by atoms with van der Waals surface area (Å²) >= 11 is 0. The molecule has 0 aliphatic heterocycles. The summed E-state index contributed by atoms with van der Waals surface area (Å²) in [5.41, 5.74) is -0.461. The van der Waals surface area contributed by atoms with Crippen LogP contribution in [0.25, 0.3) is 0 Å². The number of hydrogen-bond acceptors (Lipinski definition) is 4. The molecule has 4 nitrogen and oxygen atoms in total. The molecular weight excluding hydrogens is 420 g/mol. The van der Waals surface area contributed by atoms with E-state index in [9.17, 15) is 20.1 Å². The van der Waals surface area contributed by atoms with Crippen LogP contribution in [0.1, 0.15) is 92.9 Å². The van der Waals surface area contributed by atoms with E-state index in [1.807, 2.05) is 13.0 Å². The molecule has 0 aromatic carbocycles. The van der Waals surface area contributed by atoms with E-state index >= 15 is 0 Å². The molecule has 5 aliphatic carbocycles. The Morgan fingerprint density at radius 2 is 1.59 bits per heavy atom. The second-order valence-corrected chi connectivity index (χ2v) is 14.1. The number of fused-ring (bicyclic) bond motifs is 7. The van der Waals surface area contributed by atoms with Crippen molar-refractivity contribution in [3.05, 3.63) is 11.6 Å². The van der Waals surface area contributed by atoms with Crippen molar-refractivity contribution in [1.82, 2.24) is 0 Å². The van der Waals surface area contributed by atoms with Gasteiger partial charge in [-0.05, 0) is 84.4 Å². The molecule has 0 aromatic rings. The smallest absolute Gasteiger partial charge is 0.176 e. The fraction of sp³-hybridized carbons (Fsp3) is 0.800. The van der Waals surface area contributed by atoms with Crippen molar-refractivity contribution in [1.29, 1.82) is 10.5 Å². The lowest BCUT2D eigenvalue weighted by Gasteiger charge is -2.70. The number of carbonyl (C=O) groups excluding carboxylic acids is 2. The van der Waals surface area contributed by atoms with Crippen molar-refractivity contribution < 1.29 is 9.59 Å². The van der Waals surface area contributed by atoms with Crippen LogP contribution in [0.4, 0.5) is 0 Å². The molecule has 0 aromatic heterocycles. The Bertz CT molecular complexity index is 1070. The quantitative estimate of drug-likeness (QED) is 0.418. The third-order valence-electron chi connectivity index (χ3n) is 12.3. The molecule has 5 aliphatic rings. The average Bonchev–Trinajstić information content (AvgIpc) is 2.77. The Labute approximate surface area is 205 Å². The summed E-state index contributed by atoms with van der Waals surface area (Å²) in [6.45, 7) is 13.6. The van der Waals surface area contributed by atoms with Gasteiger partial charge in [0.05, 0.1) is 17.1 Å². The van der Waals surface area contributed by atoms with Crippen LogP contribution in [-0.4, -0.2) is 11.6 Å². The van der Waals surface area contributed by atoms with Gasteiger partial charge >= 0.3 is 0 Å². The maximum Gasteiger partial charge on any atom is 0.176 e. The van der Waals surface area contributed by atoms with Crippen LogP contribution in [-0.2, 0) is 9.59 Å². The number of rotatable bonds is 0. The van der Waals surface area contributed by atoms with Gasteiger partial charge in [-0.15, -0.1) is 0 Å². The van der Waals surface area contributed by atoms with E-state index in [4.69, 9.17) is 0 Å². The maximum absolute atomic E-state index is 14.2. The predicted octanol–water partition coefficient (Wildman–Crippen LogP) is 6.42. The number of allylic oxidation sites excluding steroid dienone is 2. The van der Waals surface area contributed by atoms with Crippen LogP contribution >= 0.6 is 0 Å². The molecule has 9 unspecified atom stereocenters. The van der Waals surface area contributed by atoms with Crippen LogP contribution in [0.15, 0.2) is 11.6 Å². The van der Waals surface area contributed by atoms with Crippen LogP contribution in [0.2, 0.25) is 0 Å². The first-order chi connectivity index (χ1) is 15.8. The highest BCUT2D eigenvalue weighted by molar-refractivity contribution is 6.01. The Morgan fingerprint density at radius 1 is 0.912 bits per heavy atom. The summed E-state index contributed by atoms with van der Waals surface area (Å²) in [7, 11) is 0. The highest BCUT2D eigenvalue weighted by Gasteiger charge is 2.71. The minimum Gasteiger partial charge on any atom is -0.299 e. The van der Waals surface area contributed by atoms with Gasteiger partial charge < -0.3 is 0 Å². The van der Waals surface area contributed by atoms with E-state index in [0.29, 0.717) is 12.2 Å². The average molecular weight is 461 g/mol. The molecule has 9 atom stereocenters. The number of nitrogens with zero attached hydrogens (tertiary/aromatic N) is 2. The largest absolute Gasteiger partial charge is 0.299 e. The van der Waals surface area contributed by atoms with E-state index in [0.717, 1.165) is 44.9 Å². The summed E-state index contributed by atoms with van der Waals surface area (Å²) in [6, 6.07) is 4.93. The molecule has 4 saturated carbocycles. The lowest BCUT2D eigenvalue weighted by atomic mass is 9.32. The minimum atomic E-state index is -0.362. The standard InChI is InChI=1S/C30H40N2O2/c1-18-20-7-8-28(5)23(27(20,4)14-19(16-31)25(18)34)13-22(33)24-21-15-26(2,3)9-11-30(21,17-32)12-10-29(24,28)6/h14,18,20-21,23-24H,7-13,15H2,1-6H3. The predicted molar refractivity (Wildman–Crippen MR) is 130 cm³/mol. The van der Waals surface area contributed by atoms with Crippen LogP contribution < -0.4 is 0 Å². The molecular formula is C30H40N2O2. The van der Waals surface area contributed by atoms with Gasteiger partial charge in [0, 0.05) is 18.3 Å². The van der Waals surface area contributed by atoms with Crippen molar-refractivity contribution in [2.75, 3.05) is 0 Å². The molecule has 0 radical (unpaired) electrons. The lowest BCUT2D eigenvalue weighted by Crippen LogP contribution is -2.67. The van der Waals surface area contributed by atoms with Gasteiger partial charge in [-0.2, -0.15) is 10.5 Å². The van der Waals surface area contributed by atoms with Crippen molar-refractivity contribution in [2.45, 2.75) is 92.9 Å². The molecule has 0 spiro atoms. The van der Waals surface area contributed by atoms with Crippen molar-refractivity contribution in [2.24, 2.45) is 56.7 Å². The van der Waals surface area contributed by atoms with Crippen LogP contribution in [0, 0.1) is 79.3 Å². The zero-order chi connectivity index (χ0) is 24.9. The molecule has 0 heterocycles. The third kappa shape index (κ3) is 2.75. The van der Waals surface area contributed by atoms with E-state index in [1.54, 1.807) is 0 Å². The van der Waals surface area contributed by atoms with E-state index < -0.39 is 0 Å². The number of Topliss-reactive ketones (excluding diaryl/α,β-unsaturated/α-hetero) is 2. The second-order valence-electron chi connectivity index (χ2n) is 14.1. The topological polar surface area (TPSA) is 81.7 Å². The normalized spacial score (nSPS) is 51.5. The Morgan fingerprint density at radius 3 is 2.24 bits per heavy atom.